The second kappa shape index (κ2) is 7.50. The molecule has 3 rings (SSSR count). The van der Waals surface area contributed by atoms with Crippen LogP contribution in [-0.2, 0) is 9.53 Å². The molecule has 7 heteroatoms. The van der Waals surface area contributed by atoms with E-state index in [1.54, 1.807) is 25.1 Å². The minimum absolute atomic E-state index is 0.0636. The molecule has 2 atom stereocenters. The fraction of sp³-hybridized carbons (Fsp3) is 0.400. The number of carbonyl (C=O) groups is 2. The maximum atomic E-state index is 12.5. The van der Waals surface area contributed by atoms with E-state index in [1.165, 1.54) is 12.1 Å². The molecular weight excluding hydrogens is 356 g/mol. The van der Waals surface area contributed by atoms with Gasteiger partial charge < -0.3 is 14.0 Å². The number of halogens is 2. The fourth-order valence-corrected chi connectivity index (χ4v) is 3.19. The summed E-state index contributed by atoms with van der Waals surface area (Å²) in [6.07, 6.45) is 0.812. The van der Waals surface area contributed by atoms with E-state index in [4.69, 9.17) is 4.74 Å². The largest absolute Gasteiger partial charge is 0.457 e. The van der Waals surface area contributed by atoms with Crippen LogP contribution in [0.4, 0.5) is 8.78 Å². The number of ether oxygens (including phenoxy) is 2. The standard InChI is InChI=1S/C20H21F2NO4/c1-11-8-16(11)19(25)26-10-18(24)17-9-12(2)23(13(17)3)14-4-6-15(7-5-14)27-20(21)22/h4-7,9,11,16,20H,8,10H2,1-3H3/t11-,16+/m1/s1. The van der Waals surface area contributed by atoms with Crippen LogP contribution in [0.25, 0.3) is 5.69 Å². The van der Waals surface area contributed by atoms with Crippen LogP contribution in [-0.4, -0.2) is 29.5 Å². The summed E-state index contributed by atoms with van der Waals surface area (Å²) in [4.78, 5) is 24.3. The van der Waals surface area contributed by atoms with Crippen molar-refractivity contribution >= 4 is 11.8 Å². The van der Waals surface area contributed by atoms with Gasteiger partial charge in [0.05, 0.1) is 5.92 Å². The highest BCUT2D eigenvalue weighted by molar-refractivity contribution is 5.99. The molecule has 1 heterocycles. The number of hydrogen-bond acceptors (Lipinski definition) is 4. The molecule has 0 bridgehead atoms. The van der Waals surface area contributed by atoms with Gasteiger partial charge in [0.1, 0.15) is 5.75 Å². The van der Waals surface area contributed by atoms with Gasteiger partial charge in [-0.1, -0.05) is 6.92 Å². The first-order chi connectivity index (χ1) is 12.8. The first-order valence-electron chi connectivity index (χ1n) is 8.72. The number of nitrogens with zero attached hydrogens (tertiary/aromatic N) is 1. The summed E-state index contributed by atoms with van der Waals surface area (Å²) in [6.45, 7) is 2.43. The molecule has 2 aromatic rings. The van der Waals surface area contributed by atoms with Gasteiger partial charge in [0.2, 0.25) is 5.78 Å². The van der Waals surface area contributed by atoms with Crippen LogP contribution in [0.2, 0.25) is 0 Å². The minimum Gasteiger partial charge on any atom is -0.457 e. The Morgan fingerprint density at radius 1 is 1.22 bits per heavy atom. The monoisotopic (exact) mass is 377 g/mol. The first-order valence-corrected chi connectivity index (χ1v) is 8.72. The number of aromatic nitrogens is 1. The summed E-state index contributed by atoms with van der Waals surface area (Å²) in [5.74, 6) is -0.282. The Bertz CT molecular complexity index is 858. The van der Waals surface area contributed by atoms with Crippen molar-refractivity contribution in [3.8, 4) is 11.4 Å². The van der Waals surface area contributed by atoms with Crippen molar-refractivity contribution in [1.29, 1.82) is 0 Å². The zero-order chi connectivity index (χ0) is 19.7. The Morgan fingerprint density at radius 3 is 2.41 bits per heavy atom. The molecule has 1 aromatic heterocycles. The molecular formula is C20H21F2NO4. The van der Waals surface area contributed by atoms with Gasteiger partial charge in [0.25, 0.3) is 0 Å². The quantitative estimate of drug-likeness (QED) is 0.539. The molecule has 0 radical (unpaired) electrons. The molecule has 1 aromatic carbocycles. The summed E-state index contributed by atoms with van der Waals surface area (Å²) >= 11 is 0. The van der Waals surface area contributed by atoms with Crippen LogP contribution in [0.1, 0.15) is 35.1 Å². The summed E-state index contributed by atoms with van der Waals surface area (Å²) in [6, 6.07) is 7.90. The Kier molecular flexibility index (Phi) is 5.30. The van der Waals surface area contributed by atoms with Gasteiger partial charge in [0.15, 0.2) is 6.61 Å². The van der Waals surface area contributed by atoms with Gasteiger partial charge in [-0.3, -0.25) is 9.59 Å². The van der Waals surface area contributed by atoms with Crippen molar-refractivity contribution in [2.75, 3.05) is 6.61 Å². The van der Waals surface area contributed by atoms with Crippen LogP contribution >= 0.6 is 0 Å². The minimum atomic E-state index is -2.88. The molecule has 1 fully saturated rings. The molecule has 0 saturated heterocycles. The van der Waals surface area contributed by atoms with E-state index in [1.807, 2.05) is 18.4 Å². The highest BCUT2D eigenvalue weighted by Gasteiger charge is 2.40. The van der Waals surface area contributed by atoms with E-state index in [0.29, 0.717) is 17.2 Å². The topological polar surface area (TPSA) is 57.5 Å². The van der Waals surface area contributed by atoms with Crippen LogP contribution in [0.15, 0.2) is 30.3 Å². The van der Waals surface area contributed by atoms with Gasteiger partial charge in [-0.15, -0.1) is 0 Å². The maximum absolute atomic E-state index is 12.5. The van der Waals surface area contributed by atoms with Gasteiger partial charge in [-0.05, 0) is 56.5 Å². The van der Waals surface area contributed by atoms with Gasteiger partial charge in [-0.2, -0.15) is 8.78 Å². The average molecular weight is 377 g/mol. The van der Waals surface area contributed by atoms with Crippen molar-refractivity contribution in [3.05, 3.63) is 47.3 Å². The summed E-state index contributed by atoms with van der Waals surface area (Å²) in [5.41, 5.74) is 2.68. The number of alkyl halides is 2. The van der Waals surface area contributed by atoms with E-state index < -0.39 is 6.61 Å². The number of benzene rings is 1. The van der Waals surface area contributed by atoms with Crippen LogP contribution < -0.4 is 4.74 Å². The third kappa shape index (κ3) is 4.18. The Balaban J connectivity index is 1.74. The zero-order valence-electron chi connectivity index (χ0n) is 15.4. The summed E-state index contributed by atoms with van der Waals surface area (Å²) < 4.78 is 35.9. The second-order valence-corrected chi connectivity index (χ2v) is 6.84. The van der Waals surface area contributed by atoms with Crippen molar-refractivity contribution in [2.24, 2.45) is 11.8 Å². The summed E-state index contributed by atoms with van der Waals surface area (Å²) in [5, 5.41) is 0. The second-order valence-electron chi connectivity index (χ2n) is 6.84. The summed E-state index contributed by atoms with van der Waals surface area (Å²) in [7, 11) is 0. The molecule has 1 aliphatic carbocycles. The van der Waals surface area contributed by atoms with Crippen LogP contribution in [0, 0.1) is 25.7 Å². The number of rotatable bonds is 7. The van der Waals surface area contributed by atoms with E-state index in [0.717, 1.165) is 17.8 Å². The number of aryl methyl sites for hydroxylation is 1. The van der Waals surface area contributed by atoms with Gasteiger partial charge in [0, 0.05) is 22.6 Å². The lowest BCUT2D eigenvalue weighted by atomic mass is 10.1. The number of hydrogen-bond donors (Lipinski definition) is 0. The molecule has 1 aliphatic rings. The Morgan fingerprint density at radius 2 is 1.85 bits per heavy atom. The molecule has 0 spiro atoms. The predicted molar refractivity (Wildman–Crippen MR) is 94.4 cm³/mol. The van der Waals surface area contributed by atoms with E-state index in [9.17, 15) is 18.4 Å². The average Bonchev–Trinajstić information content (AvgIpc) is 3.27. The maximum Gasteiger partial charge on any atom is 0.387 e. The lowest BCUT2D eigenvalue weighted by molar-refractivity contribution is -0.144. The first kappa shape index (κ1) is 19.1. The highest BCUT2D eigenvalue weighted by Crippen LogP contribution is 2.38. The number of ketones is 1. The van der Waals surface area contributed by atoms with Gasteiger partial charge >= 0.3 is 12.6 Å². The SMILES string of the molecule is Cc1cc(C(=O)COC(=O)[C@H]2C[C@H]2C)c(C)n1-c1ccc(OC(F)F)cc1. The van der Waals surface area contributed by atoms with E-state index in [2.05, 4.69) is 4.74 Å². The molecule has 0 amide bonds. The van der Waals surface area contributed by atoms with Gasteiger partial charge in [-0.25, -0.2) is 0 Å². The van der Waals surface area contributed by atoms with E-state index in [-0.39, 0.29) is 30.0 Å². The molecule has 0 unspecified atom stereocenters. The van der Waals surface area contributed by atoms with Crippen molar-refractivity contribution in [3.63, 3.8) is 0 Å². The van der Waals surface area contributed by atoms with E-state index >= 15 is 0 Å². The third-order valence-electron chi connectivity index (χ3n) is 4.81. The highest BCUT2D eigenvalue weighted by atomic mass is 19.3. The molecule has 27 heavy (non-hydrogen) atoms. The third-order valence-corrected chi connectivity index (χ3v) is 4.81. The van der Waals surface area contributed by atoms with Crippen molar-refractivity contribution in [2.45, 2.75) is 33.8 Å². The smallest absolute Gasteiger partial charge is 0.387 e. The number of Topliss-reactive ketones (excluding diaryl/α,β-unsaturated/α-hetero) is 1. The fourth-order valence-electron chi connectivity index (χ4n) is 3.19. The Hall–Kier alpha value is -2.70. The van der Waals surface area contributed by atoms with Crippen molar-refractivity contribution in [1.82, 2.24) is 4.57 Å². The molecule has 0 N–H and O–H groups in total. The molecule has 1 saturated carbocycles. The Labute approximate surface area is 155 Å². The molecule has 0 aliphatic heterocycles. The predicted octanol–water partition coefficient (Wildman–Crippen LogP) is 4.08. The van der Waals surface area contributed by atoms with Crippen LogP contribution in [0.5, 0.6) is 5.75 Å². The number of carbonyl (C=O) groups excluding carboxylic acids is 2. The lowest BCUT2D eigenvalue weighted by Crippen LogP contribution is -2.16. The zero-order valence-corrected chi connectivity index (χ0v) is 15.4. The van der Waals surface area contributed by atoms with Crippen molar-refractivity contribution < 1.29 is 27.8 Å². The normalized spacial score (nSPS) is 18.4. The molecule has 5 nitrogen and oxygen atoms in total. The molecule has 144 valence electrons. The number of esters is 1. The van der Waals surface area contributed by atoms with Crippen LogP contribution in [0.3, 0.4) is 0 Å². The lowest BCUT2D eigenvalue weighted by Gasteiger charge is -2.11.